The van der Waals surface area contributed by atoms with Gasteiger partial charge in [-0.2, -0.15) is 0 Å². The highest BCUT2D eigenvalue weighted by molar-refractivity contribution is 9.11. The van der Waals surface area contributed by atoms with Crippen LogP contribution >= 0.6 is 27.3 Å². The Hall–Kier alpha value is -0.390. The van der Waals surface area contributed by atoms with Gasteiger partial charge in [-0.1, -0.05) is 0 Å². The SMILES string of the molecule is Cc1cc(C(=O)NCCNC2CC2)sc1Br. The van der Waals surface area contributed by atoms with E-state index in [1.54, 1.807) is 0 Å². The Kier molecular flexibility index (Phi) is 4.00. The maximum atomic E-state index is 11.7. The van der Waals surface area contributed by atoms with E-state index in [-0.39, 0.29) is 5.91 Å². The zero-order valence-corrected chi connectivity index (χ0v) is 11.6. The van der Waals surface area contributed by atoms with Gasteiger partial charge in [0, 0.05) is 19.1 Å². The summed E-state index contributed by atoms with van der Waals surface area (Å²) in [5.74, 6) is 0.0244. The van der Waals surface area contributed by atoms with Crippen LogP contribution in [0.5, 0.6) is 0 Å². The van der Waals surface area contributed by atoms with E-state index in [0.717, 1.165) is 20.8 Å². The van der Waals surface area contributed by atoms with Crippen LogP contribution in [0.1, 0.15) is 28.1 Å². The highest BCUT2D eigenvalue weighted by atomic mass is 79.9. The third kappa shape index (κ3) is 3.30. The van der Waals surface area contributed by atoms with Gasteiger partial charge in [0.2, 0.25) is 0 Å². The van der Waals surface area contributed by atoms with Crippen molar-refractivity contribution in [2.24, 2.45) is 0 Å². The van der Waals surface area contributed by atoms with Gasteiger partial charge in [-0.3, -0.25) is 4.79 Å². The third-order valence-electron chi connectivity index (χ3n) is 2.50. The lowest BCUT2D eigenvalue weighted by Crippen LogP contribution is -2.32. The second-order valence-electron chi connectivity index (χ2n) is 4.05. The van der Waals surface area contributed by atoms with E-state index in [4.69, 9.17) is 0 Å². The number of thiophene rings is 1. The molecular formula is C11H15BrN2OS. The molecular weight excluding hydrogens is 288 g/mol. The number of hydrogen-bond donors (Lipinski definition) is 2. The molecule has 0 aromatic carbocycles. The number of hydrogen-bond acceptors (Lipinski definition) is 3. The van der Waals surface area contributed by atoms with Crippen molar-refractivity contribution >= 4 is 33.2 Å². The lowest BCUT2D eigenvalue weighted by atomic mass is 10.3. The van der Waals surface area contributed by atoms with Crippen LogP contribution in [0.2, 0.25) is 0 Å². The molecule has 1 aliphatic carbocycles. The van der Waals surface area contributed by atoms with Gasteiger partial charge in [-0.05, 0) is 47.3 Å². The maximum absolute atomic E-state index is 11.7. The van der Waals surface area contributed by atoms with Gasteiger partial charge in [0.1, 0.15) is 0 Å². The van der Waals surface area contributed by atoms with Gasteiger partial charge in [-0.15, -0.1) is 11.3 Å². The molecule has 5 heteroatoms. The van der Waals surface area contributed by atoms with Crippen molar-refractivity contribution < 1.29 is 4.79 Å². The van der Waals surface area contributed by atoms with Crippen LogP contribution in [0.3, 0.4) is 0 Å². The number of nitrogens with one attached hydrogen (secondary N) is 2. The Labute approximate surface area is 108 Å². The molecule has 0 atom stereocenters. The zero-order chi connectivity index (χ0) is 11.5. The molecule has 1 aromatic heterocycles. The predicted octanol–water partition coefficient (Wildman–Crippen LogP) is 2.30. The molecule has 1 saturated carbocycles. The van der Waals surface area contributed by atoms with E-state index in [1.165, 1.54) is 24.2 Å². The average Bonchev–Trinajstić information content (AvgIpc) is 3.01. The second-order valence-corrected chi connectivity index (χ2v) is 6.42. The quantitative estimate of drug-likeness (QED) is 0.820. The van der Waals surface area contributed by atoms with Crippen molar-refractivity contribution in [1.29, 1.82) is 0 Å². The van der Waals surface area contributed by atoms with E-state index in [2.05, 4.69) is 26.6 Å². The molecule has 1 aliphatic rings. The van der Waals surface area contributed by atoms with Crippen LogP contribution in [-0.2, 0) is 0 Å². The van der Waals surface area contributed by atoms with Crippen LogP contribution in [0.4, 0.5) is 0 Å². The molecule has 16 heavy (non-hydrogen) atoms. The lowest BCUT2D eigenvalue weighted by Gasteiger charge is -2.04. The Balaban J connectivity index is 1.73. The molecule has 0 spiro atoms. The normalized spacial score (nSPS) is 15.1. The summed E-state index contributed by atoms with van der Waals surface area (Å²) in [5.41, 5.74) is 1.12. The Bertz CT molecular complexity index is 368. The van der Waals surface area contributed by atoms with Gasteiger partial charge in [-0.25, -0.2) is 0 Å². The number of halogens is 1. The molecule has 2 rings (SSSR count). The van der Waals surface area contributed by atoms with Crippen molar-refractivity contribution in [1.82, 2.24) is 10.6 Å². The molecule has 1 amide bonds. The van der Waals surface area contributed by atoms with E-state index >= 15 is 0 Å². The number of rotatable bonds is 5. The Morgan fingerprint density at radius 2 is 2.31 bits per heavy atom. The van der Waals surface area contributed by atoms with Crippen LogP contribution in [0.25, 0.3) is 0 Å². The summed E-state index contributed by atoms with van der Waals surface area (Å²) < 4.78 is 1.04. The topological polar surface area (TPSA) is 41.1 Å². The van der Waals surface area contributed by atoms with Crippen molar-refractivity contribution in [3.05, 3.63) is 20.3 Å². The van der Waals surface area contributed by atoms with Gasteiger partial charge < -0.3 is 10.6 Å². The van der Waals surface area contributed by atoms with Crippen molar-refractivity contribution in [2.45, 2.75) is 25.8 Å². The molecule has 0 unspecified atom stereocenters. The fourth-order valence-corrected chi connectivity index (χ4v) is 2.85. The average molecular weight is 303 g/mol. The molecule has 0 bridgehead atoms. The fourth-order valence-electron chi connectivity index (χ4n) is 1.40. The number of amides is 1. The minimum Gasteiger partial charge on any atom is -0.350 e. The van der Waals surface area contributed by atoms with Gasteiger partial charge in [0.05, 0.1) is 8.66 Å². The minimum absolute atomic E-state index is 0.0244. The number of carbonyl (C=O) groups is 1. The number of aryl methyl sites for hydroxylation is 1. The van der Waals surface area contributed by atoms with Crippen molar-refractivity contribution in [3.8, 4) is 0 Å². The number of carbonyl (C=O) groups excluding carboxylic acids is 1. The van der Waals surface area contributed by atoms with Gasteiger partial charge in [0.25, 0.3) is 5.91 Å². The third-order valence-corrected chi connectivity index (χ3v) is 4.64. The molecule has 1 heterocycles. The molecule has 1 fully saturated rings. The molecule has 0 saturated heterocycles. The molecule has 2 N–H and O–H groups in total. The maximum Gasteiger partial charge on any atom is 0.261 e. The summed E-state index contributed by atoms with van der Waals surface area (Å²) >= 11 is 4.90. The van der Waals surface area contributed by atoms with E-state index in [0.29, 0.717) is 12.6 Å². The standard InChI is InChI=1S/C11H15BrN2OS/c1-7-6-9(16-10(7)12)11(15)14-5-4-13-8-2-3-8/h6,8,13H,2-5H2,1H3,(H,14,15). The van der Waals surface area contributed by atoms with Crippen LogP contribution < -0.4 is 10.6 Å². The van der Waals surface area contributed by atoms with Crippen LogP contribution in [-0.4, -0.2) is 25.0 Å². The summed E-state index contributed by atoms with van der Waals surface area (Å²) in [7, 11) is 0. The van der Waals surface area contributed by atoms with Gasteiger partial charge in [0.15, 0.2) is 0 Å². The summed E-state index contributed by atoms with van der Waals surface area (Å²) in [4.78, 5) is 12.5. The summed E-state index contributed by atoms with van der Waals surface area (Å²) in [5, 5.41) is 6.27. The highest BCUT2D eigenvalue weighted by Gasteiger charge is 2.19. The molecule has 0 aliphatic heterocycles. The molecule has 88 valence electrons. The first kappa shape index (κ1) is 12.1. The molecule has 3 nitrogen and oxygen atoms in total. The van der Waals surface area contributed by atoms with E-state index < -0.39 is 0 Å². The van der Waals surface area contributed by atoms with Crippen molar-refractivity contribution in [3.63, 3.8) is 0 Å². The lowest BCUT2D eigenvalue weighted by molar-refractivity contribution is 0.0958. The van der Waals surface area contributed by atoms with Crippen molar-refractivity contribution in [2.75, 3.05) is 13.1 Å². The van der Waals surface area contributed by atoms with Crippen LogP contribution in [0.15, 0.2) is 9.85 Å². The smallest absolute Gasteiger partial charge is 0.261 e. The Morgan fingerprint density at radius 3 is 2.88 bits per heavy atom. The first-order chi connectivity index (χ1) is 7.66. The molecule has 1 aromatic rings. The molecule has 0 radical (unpaired) electrons. The van der Waals surface area contributed by atoms with Crippen LogP contribution in [0, 0.1) is 6.92 Å². The fraction of sp³-hybridized carbons (Fsp3) is 0.545. The summed E-state index contributed by atoms with van der Waals surface area (Å²) in [6.07, 6.45) is 2.57. The summed E-state index contributed by atoms with van der Waals surface area (Å²) in [6, 6.07) is 2.62. The Morgan fingerprint density at radius 1 is 1.56 bits per heavy atom. The van der Waals surface area contributed by atoms with E-state index in [9.17, 15) is 4.79 Å². The van der Waals surface area contributed by atoms with E-state index in [1.807, 2.05) is 13.0 Å². The second kappa shape index (κ2) is 5.29. The van der Waals surface area contributed by atoms with Gasteiger partial charge >= 0.3 is 0 Å². The minimum atomic E-state index is 0.0244. The largest absolute Gasteiger partial charge is 0.350 e. The highest BCUT2D eigenvalue weighted by Crippen LogP contribution is 2.27. The predicted molar refractivity (Wildman–Crippen MR) is 70.1 cm³/mol. The first-order valence-electron chi connectivity index (χ1n) is 5.44. The summed E-state index contributed by atoms with van der Waals surface area (Å²) in [6.45, 7) is 3.55. The zero-order valence-electron chi connectivity index (χ0n) is 9.18. The monoisotopic (exact) mass is 302 g/mol. The first-order valence-corrected chi connectivity index (χ1v) is 7.05.